The van der Waals surface area contributed by atoms with Crippen molar-refractivity contribution in [2.75, 3.05) is 20.3 Å². The molecule has 1 rings (SSSR count). The highest BCUT2D eigenvalue weighted by Gasteiger charge is 2.15. The molecule has 0 radical (unpaired) electrons. The zero-order valence-corrected chi connectivity index (χ0v) is 13.0. The second-order valence-electron chi connectivity index (χ2n) is 4.43. The molecule has 1 aromatic carbocycles. The number of amides is 3. The van der Waals surface area contributed by atoms with Crippen molar-refractivity contribution in [3.63, 3.8) is 0 Å². The third kappa shape index (κ3) is 7.12. The highest BCUT2D eigenvalue weighted by Crippen LogP contribution is 2.23. The number of rotatable bonds is 8. The molecule has 1 aromatic rings. The molecule has 21 heavy (non-hydrogen) atoms. The molecule has 7 heteroatoms. The van der Waals surface area contributed by atoms with Crippen LogP contribution < -0.4 is 16.4 Å². The molecule has 1 atom stereocenters. The predicted molar refractivity (Wildman–Crippen MR) is 83.1 cm³/mol. The van der Waals surface area contributed by atoms with Gasteiger partial charge in [0.25, 0.3) is 0 Å². The van der Waals surface area contributed by atoms with Crippen molar-refractivity contribution in [3.8, 4) is 0 Å². The van der Waals surface area contributed by atoms with Gasteiger partial charge in [-0.05, 0) is 24.6 Å². The number of carbonyl (C=O) groups is 2. The largest absolute Gasteiger partial charge is 0.383 e. The van der Waals surface area contributed by atoms with Gasteiger partial charge < -0.3 is 15.8 Å². The average molecular weight is 311 g/mol. The second-order valence-corrected chi connectivity index (χ2v) is 5.84. The molecule has 0 aromatic heterocycles. The van der Waals surface area contributed by atoms with E-state index >= 15 is 0 Å². The summed E-state index contributed by atoms with van der Waals surface area (Å²) >= 11 is 1.37. The van der Waals surface area contributed by atoms with Crippen LogP contribution in [0.4, 0.5) is 4.79 Å². The maximum Gasteiger partial charge on any atom is 0.318 e. The van der Waals surface area contributed by atoms with Crippen molar-refractivity contribution in [2.45, 2.75) is 23.6 Å². The van der Waals surface area contributed by atoms with Crippen molar-refractivity contribution >= 4 is 23.7 Å². The molecule has 1 unspecified atom stereocenters. The van der Waals surface area contributed by atoms with Crippen LogP contribution in [0.5, 0.6) is 0 Å². The number of methoxy groups -OCH3 is 1. The van der Waals surface area contributed by atoms with Gasteiger partial charge in [-0.25, -0.2) is 4.79 Å². The number of nitrogens with two attached hydrogens (primary N) is 1. The molecular weight excluding hydrogens is 290 g/mol. The lowest BCUT2D eigenvalue weighted by atomic mass is 10.2. The van der Waals surface area contributed by atoms with Gasteiger partial charge in [-0.3, -0.25) is 10.1 Å². The molecule has 0 saturated heterocycles. The molecule has 0 saturated carbocycles. The molecule has 0 bridgehead atoms. The van der Waals surface area contributed by atoms with Crippen molar-refractivity contribution < 1.29 is 14.3 Å². The summed E-state index contributed by atoms with van der Waals surface area (Å²) in [6, 6.07) is 7.07. The summed E-state index contributed by atoms with van der Waals surface area (Å²) in [6.07, 6.45) is 0. The van der Waals surface area contributed by atoms with Gasteiger partial charge in [-0.1, -0.05) is 12.1 Å². The minimum atomic E-state index is -0.829. The third-order valence-corrected chi connectivity index (χ3v) is 3.78. The first-order chi connectivity index (χ1) is 10.0. The SMILES string of the molecule is COCCNCc1ccc(SC(C)C(=O)NC(N)=O)cc1. The Labute approximate surface area is 128 Å². The lowest BCUT2D eigenvalue weighted by Crippen LogP contribution is -2.39. The van der Waals surface area contributed by atoms with Crippen LogP contribution in [-0.4, -0.2) is 37.4 Å². The van der Waals surface area contributed by atoms with Crippen LogP contribution in [0.1, 0.15) is 12.5 Å². The van der Waals surface area contributed by atoms with E-state index in [1.165, 1.54) is 11.8 Å². The van der Waals surface area contributed by atoms with Gasteiger partial charge in [0, 0.05) is 25.1 Å². The number of thioether (sulfide) groups is 1. The zero-order valence-electron chi connectivity index (χ0n) is 12.2. The summed E-state index contributed by atoms with van der Waals surface area (Å²) < 4.78 is 4.96. The minimum absolute atomic E-state index is 0.386. The Balaban J connectivity index is 2.43. The van der Waals surface area contributed by atoms with Crippen LogP contribution in [0, 0.1) is 0 Å². The van der Waals surface area contributed by atoms with Crippen LogP contribution >= 0.6 is 11.8 Å². The highest BCUT2D eigenvalue weighted by atomic mass is 32.2. The van der Waals surface area contributed by atoms with Gasteiger partial charge in [0.2, 0.25) is 5.91 Å². The number of urea groups is 1. The monoisotopic (exact) mass is 311 g/mol. The number of benzene rings is 1. The molecule has 6 nitrogen and oxygen atoms in total. The molecule has 0 aliphatic rings. The van der Waals surface area contributed by atoms with Crippen LogP contribution in [0.25, 0.3) is 0 Å². The molecule has 0 fully saturated rings. The first kappa shape index (κ1) is 17.5. The van der Waals surface area contributed by atoms with E-state index in [1.54, 1.807) is 14.0 Å². The van der Waals surface area contributed by atoms with Gasteiger partial charge >= 0.3 is 6.03 Å². The number of hydrogen-bond acceptors (Lipinski definition) is 5. The normalized spacial score (nSPS) is 11.9. The summed E-state index contributed by atoms with van der Waals surface area (Å²) in [7, 11) is 1.67. The number of ether oxygens (including phenoxy) is 1. The van der Waals surface area contributed by atoms with E-state index in [-0.39, 0.29) is 5.25 Å². The van der Waals surface area contributed by atoms with E-state index in [0.29, 0.717) is 6.61 Å². The summed E-state index contributed by atoms with van der Waals surface area (Å²) in [5, 5.41) is 4.94. The lowest BCUT2D eigenvalue weighted by molar-refractivity contribution is -0.119. The second kappa shape index (κ2) is 9.38. The van der Waals surface area contributed by atoms with Crippen molar-refractivity contribution in [3.05, 3.63) is 29.8 Å². The number of imide groups is 1. The van der Waals surface area contributed by atoms with E-state index in [1.807, 2.05) is 24.3 Å². The van der Waals surface area contributed by atoms with E-state index in [0.717, 1.165) is 23.5 Å². The van der Waals surface area contributed by atoms with Crippen LogP contribution in [0.3, 0.4) is 0 Å². The van der Waals surface area contributed by atoms with Crippen molar-refractivity contribution in [1.29, 1.82) is 0 Å². The van der Waals surface area contributed by atoms with Crippen LogP contribution in [0.15, 0.2) is 29.2 Å². The Bertz CT molecular complexity index is 465. The van der Waals surface area contributed by atoms with Crippen molar-refractivity contribution in [2.24, 2.45) is 5.73 Å². The van der Waals surface area contributed by atoms with Gasteiger partial charge in [-0.15, -0.1) is 11.8 Å². The van der Waals surface area contributed by atoms with Crippen molar-refractivity contribution in [1.82, 2.24) is 10.6 Å². The van der Waals surface area contributed by atoms with E-state index in [4.69, 9.17) is 10.5 Å². The zero-order chi connectivity index (χ0) is 15.7. The molecule has 4 N–H and O–H groups in total. The molecule has 0 aliphatic carbocycles. The minimum Gasteiger partial charge on any atom is -0.383 e. The van der Waals surface area contributed by atoms with Gasteiger partial charge in [0.15, 0.2) is 0 Å². The number of primary amides is 1. The average Bonchev–Trinajstić information content (AvgIpc) is 2.44. The maximum absolute atomic E-state index is 11.6. The predicted octanol–water partition coefficient (Wildman–Crippen LogP) is 1.10. The summed E-state index contributed by atoms with van der Waals surface area (Å²) in [4.78, 5) is 23.2. The quantitative estimate of drug-likeness (QED) is 0.494. The fourth-order valence-electron chi connectivity index (χ4n) is 1.57. The Morgan fingerprint density at radius 3 is 2.57 bits per heavy atom. The van der Waals surface area contributed by atoms with Gasteiger partial charge in [0.05, 0.1) is 11.9 Å². The van der Waals surface area contributed by atoms with E-state index in [2.05, 4.69) is 10.6 Å². The van der Waals surface area contributed by atoms with Crippen LogP contribution in [-0.2, 0) is 16.1 Å². The Hall–Kier alpha value is -1.57. The Morgan fingerprint density at radius 2 is 2.00 bits per heavy atom. The number of nitrogens with one attached hydrogen (secondary N) is 2. The molecule has 116 valence electrons. The molecule has 0 aliphatic heterocycles. The molecule has 0 spiro atoms. The van der Waals surface area contributed by atoms with Gasteiger partial charge in [-0.2, -0.15) is 0 Å². The fourth-order valence-corrected chi connectivity index (χ4v) is 2.44. The summed E-state index contributed by atoms with van der Waals surface area (Å²) in [5.74, 6) is -0.391. The molecule has 3 amide bonds. The molecule has 0 heterocycles. The first-order valence-corrected chi connectivity index (χ1v) is 7.46. The lowest BCUT2D eigenvalue weighted by Gasteiger charge is -2.10. The highest BCUT2D eigenvalue weighted by molar-refractivity contribution is 8.00. The smallest absolute Gasteiger partial charge is 0.318 e. The van der Waals surface area contributed by atoms with E-state index in [9.17, 15) is 9.59 Å². The topological polar surface area (TPSA) is 93.4 Å². The van der Waals surface area contributed by atoms with Crippen LogP contribution in [0.2, 0.25) is 0 Å². The maximum atomic E-state index is 11.6. The summed E-state index contributed by atoms with van der Waals surface area (Å²) in [6.45, 7) is 3.98. The Kier molecular flexibility index (Phi) is 7.81. The Morgan fingerprint density at radius 1 is 1.33 bits per heavy atom. The summed E-state index contributed by atoms with van der Waals surface area (Å²) in [5.41, 5.74) is 6.07. The standard InChI is InChI=1S/C14H21N3O3S/c1-10(13(18)17-14(15)19)21-12-5-3-11(4-6-12)9-16-7-8-20-2/h3-6,10,16H,7-9H2,1-2H3,(H3,15,17,18,19). The fraction of sp³-hybridized carbons (Fsp3) is 0.429. The van der Waals surface area contributed by atoms with Gasteiger partial charge in [0.1, 0.15) is 0 Å². The number of carbonyl (C=O) groups excluding carboxylic acids is 2. The number of hydrogen-bond donors (Lipinski definition) is 3. The van der Waals surface area contributed by atoms with E-state index < -0.39 is 11.9 Å². The molecular formula is C14H21N3O3S. The first-order valence-electron chi connectivity index (χ1n) is 6.58. The third-order valence-electron chi connectivity index (χ3n) is 2.66.